The topological polar surface area (TPSA) is 89.1 Å². The number of aromatic hydroxyl groups is 1. The second kappa shape index (κ2) is 8.41. The molecule has 0 radical (unpaired) electrons. The van der Waals surface area contributed by atoms with Gasteiger partial charge < -0.3 is 14.8 Å². The van der Waals surface area contributed by atoms with E-state index in [1.54, 1.807) is 30.2 Å². The molecular formula is C28H30N4O4. The van der Waals surface area contributed by atoms with Gasteiger partial charge in [-0.25, -0.2) is 4.79 Å². The summed E-state index contributed by atoms with van der Waals surface area (Å²) in [5.74, 6) is 0.686. The maximum Gasteiger partial charge on any atom is 0.328 e. The summed E-state index contributed by atoms with van der Waals surface area (Å²) in [5.41, 5.74) is 2.52. The van der Waals surface area contributed by atoms with E-state index >= 15 is 0 Å². The van der Waals surface area contributed by atoms with E-state index in [2.05, 4.69) is 22.0 Å². The van der Waals surface area contributed by atoms with Gasteiger partial charge in [-0.15, -0.1) is 0 Å². The van der Waals surface area contributed by atoms with E-state index in [0.717, 1.165) is 59.5 Å². The number of hydrogen-bond acceptors (Lipinski definition) is 5. The first kappa shape index (κ1) is 22.7. The molecule has 0 spiro atoms. The summed E-state index contributed by atoms with van der Waals surface area (Å²) in [6, 6.07) is 12.0. The summed E-state index contributed by atoms with van der Waals surface area (Å²) in [4.78, 5) is 36.7. The summed E-state index contributed by atoms with van der Waals surface area (Å²) in [6.45, 7) is 4.91. The summed E-state index contributed by atoms with van der Waals surface area (Å²) in [5, 5.41) is 11.3. The molecule has 36 heavy (non-hydrogen) atoms. The van der Waals surface area contributed by atoms with E-state index < -0.39 is 11.6 Å². The number of hydrogen-bond donors (Lipinski definition) is 2. The Balaban J connectivity index is 1.42. The molecule has 3 amide bonds. The van der Waals surface area contributed by atoms with Gasteiger partial charge in [0, 0.05) is 49.2 Å². The molecule has 186 valence electrons. The van der Waals surface area contributed by atoms with E-state index in [0.29, 0.717) is 13.0 Å². The molecule has 0 unspecified atom stereocenters. The first-order chi connectivity index (χ1) is 17.4. The van der Waals surface area contributed by atoms with Gasteiger partial charge in [-0.3, -0.25) is 19.5 Å². The van der Waals surface area contributed by atoms with Crippen LogP contribution in [0, 0.1) is 0 Å². The minimum Gasteiger partial charge on any atom is -0.508 e. The number of rotatable bonds is 6. The molecule has 3 aliphatic rings. The van der Waals surface area contributed by atoms with E-state index in [9.17, 15) is 14.7 Å². The summed E-state index contributed by atoms with van der Waals surface area (Å²) >= 11 is 0. The number of carbonyl (C=O) groups excluding carboxylic acids is 2. The van der Waals surface area contributed by atoms with Gasteiger partial charge in [0.15, 0.2) is 0 Å². The highest BCUT2D eigenvalue weighted by molar-refractivity contribution is 6.08. The highest BCUT2D eigenvalue weighted by Gasteiger charge is 2.60. The third-order valence-electron chi connectivity index (χ3n) is 7.81. The standard InChI is InChI=1S/C28H30N4O4/c1-28-17-22-21-16-20(36-2)9-10-23(21)29-24(22)25(18-7-5-8-19(33)15-18)32(28)27(35)31(26(28)34)14-6-13-30-11-3-4-12-30/h3-5,7-10,15-16,25,29,33H,6,11-14,17H2,1-2H3/t25-,28+/m1/s1. The van der Waals surface area contributed by atoms with Crippen molar-refractivity contribution in [2.45, 2.75) is 31.3 Å². The molecule has 4 heterocycles. The quantitative estimate of drug-likeness (QED) is 0.409. The fourth-order valence-electron chi connectivity index (χ4n) is 6.01. The number of nitrogens with one attached hydrogen (secondary N) is 1. The average Bonchev–Trinajstić information content (AvgIpc) is 3.56. The van der Waals surface area contributed by atoms with Crippen molar-refractivity contribution in [3.05, 3.63) is 71.4 Å². The Labute approximate surface area is 209 Å². The average molecular weight is 487 g/mol. The Bertz CT molecular complexity index is 1390. The number of phenols is 1. The zero-order chi connectivity index (χ0) is 25.0. The lowest BCUT2D eigenvalue weighted by molar-refractivity contribution is -0.133. The fraction of sp³-hybridized carbons (Fsp3) is 0.357. The highest BCUT2D eigenvalue weighted by Crippen LogP contribution is 2.49. The van der Waals surface area contributed by atoms with Crippen LogP contribution >= 0.6 is 0 Å². The first-order valence-corrected chi connectivity index (χ1v) is 12.4. The number of benzene rings is 2. The molecule has 1 aromatic heterocycles. The van der Waals surface area contributed by atoms with Gasteiger partial charge in [-0.1, -0.05) is 24.3 Å². The predicted molar refractivity (Wildman–Crippen MR) is 136 cm³/mol. The van der Waals surface area contributed by atoms with Gasteiger partial charge in [0.1, 0.15) is 23.1 Å². The number of phenolic OH excluding ortho intramolecular Hbond substituents is 1. The van der Waals surface area contributed by atoms with E-state index in [1.165, 1.54) is 4.90 Å². The van der Waals surface area contributed by atoms with Gasteiger partial charge in [-0.2, -0.15) is 0 Å². The second-order valence-corrected chi connectivity index (χ2v) is 10.1. The number of H-pyrrole nitrogens is 1. The molecule has 3 aliphatic heterocycles. The van der Waals surface area contributed by atoms with Crippen LogP contribution in [0.2, 0.25) is 0 Å². The van der Waals surface area contributed by atoms with Crippen molar-refractivity contribution in [1.82, 2.24) is 19.7 Å². The zero-order valence-corrected chi connectivity index (χ0v) is 20.5. The molecular weight excluding hydrogens is 456 g/mol. The number of nitrogens with zero attached hydrogens (tertiary/aromatic N) is 3. The van der Waals surface area contributed by atoms with Crippen molar-refractivity contribution < 1.29 is 19.4 Å². The SMILES string of the molecule is COc1ccc2[nH]c3c(c2c1)C[C@@]1(C)C(=O)N(CCCN2CC=CC2)C(=O)N1[C@@H]3c1cccc(O)c1. The van der Waals surface area contributed by atoms with Crippen molar-refractivity contribution in [2.24, 2.45) is 0 Å². The Morgan fingerprint density at radius 3 is 2.67 bits per heavy atom. The van der Waals surface area contributed by atoms with E-state index in [-0.39, 0.29) is 17.7 Å². The fourth-order valence-corrected chi connectivity index (χ4v) is 6.01. The Hall–Kier alpha value is -3.78. The number of carbonyl (C=O) groups is 2. The molecule has 2 atom stereocenters. The maximum atomic E-state index is 13.9. The number of aromatic amines is 1. The van der Waals surface area contributed by atoms with Crippen molar-refractivity contribution in [3.63, 3.8) is 0 Å². The molecule has 3 aromatic rings. The van der Waals surface area contributed by atoms with Gasteiger partial charge in [0.25, 0.3) is 5.91 Å². The molecule has 1 fully saturated rings. The minimum absolute atomic E-state index is 0.119. The lowest BCUT2D eigenvalue weighted by Gasteiger charge is -2.42. The van der Waals surface area contributed by atoms with Crippen LogP contribution in [0.5, 0.6) is 11.5 Å². The molecule has 1 saturated heterocycles. The van der Waals surface area contributed by atoms with Crippen LogP contribution in [0.4, 0.5) is 4.79 Å². The van der Waals surface area contributed by atoms with Gasteiger partial charge >= 0.3 is 6.03 Å². The molecule has 0 saturated carbocycles. The van der Waals surface area contributed by atoms with Gasteiger partial charge in [0.2, 0.25) is 0 Å². The zero-order valence-electron chi connectivity index (χ0n) is 20.5. The second-order valence-electron chi connectivity index (χ2n) is 10.1. The number of aromatic nitrogens is 1. The highest BCUT2D eigenvalue weighted by atomic mass is 16.5. The third-order valence-corrected chi connectivity index (χ3v) is 7.81. The van der Waals surface area contributed by atoms with Crippen molar-refractivity contribution >= 4 is 22.8 Å². The monoisotopic (exact) mass is 486 g/mol. The van der Waals surface area contributed by atoms with Crippen LogP contribution in [0.15, 0.2) is 54.6 Å². The lowest BCUT2D eigenvalue weighted by Crippen LogP contribution is -2.53. The predicted octanol–water partition coefficient (Wildman–Crippen LogP) is 3.81. The van der Waals surface area contributed by atoms with E-state index in [4.69, 9.17) is 4.74 Å². The maximum absolute atomic E-state index is 13.9. The number of amides is 3. The van der Waals surface area contributed by atoms with Crippen molar-refractivity contribution in [2.75, 3.05) is 33.3 Å². The molecule has 2 N–H and O–H groups in total. The third kappa shape index (κ3) is 3.39. The molecule has 0 bridgehead atoms. The molecule has 8 heteroatoms. The van der Waals surface area contributed by atoms with Crippen molar-refractivity contribution in [3.8, 4) is 11.5 Å². The Morgan fingerprint density at radius 2 is 1.92 bits per heavy atom. The molecule has 6 rings (SSSR count). The Kier molecular flexibility index (Phi) is 5.30. The Morgan fingerprint density at radius 1 is 1.11 bits per heavy atom. The summed E-state index contributed by atoms with van der Waals surface area (Å²) < 4.78 is 5.47. The number of fused-ring (bicyclic) bond motifs is 4. The number of methoxy groups -OCH3 is 1. The largest absolute Gasteiger partial charge is 0.508 e. The smallest absolute Gasteiger partial charge is 0.328 e. The molecule has 8 nitrogen and oxygen atoms in total. The van der Waals surface area contributed by atoms with Crippen molar-refractivity contribution in [1.29, 1.82) is 0 Å². The van der Waals surface area contributed by atoms with Gasteiger partial charge in [-0.05, 0) is 54.8 Å². The molecule has 2 aromatic carbocycles. The number of ether oxygens (including phenoxy) is 1. The lowest BCUT2D eigenvalue weighted by atomic mass is 9.81. The normalized spacial score (nSPS) is 23.6. The van der Waals surface area contributed by atoms with Crippen LogP contribution in [0.1, 0.15) is 36.2 Å². The van der Waals surface area contributed by atoms with E-state index in [1.807, 2.05) is 31.2 Å². The van der Waals surface area contributed by atoms with Crippen LogP contribution < -0.4 is 4.74 Å². The summed E-state index contributed by atoms with van der Waals surface area (Å²) in [6.07, 6.45) is 5.41. The van der Waals surface area contributed by atoms with Crippen LogP contribution in [-0.2, 0) is 11.2 Å². The minimum atomic E-state index is -1.03. The number of imide groups is 1. The van der Waals surface area contributed by atoms with Gasteiger partial charge in [0.05, 0.1) is 7.11 Å². The first-order valence-electron chi connectivity index (χ1n) is 12.4. The summed E-state index contributed by atoms with van der Waals surface area (Å²) in [7, 11) is 1.63. The van der Waals surface area contributed by atoms with Crippen LogP contribution in [0.25, 0.3) is 10.9 Å². The number of urea groups is 1. The van der Waals surface area contributed by atoms with Crippen LogP contribution in [-0.4, -0.2) is 75.6 Å². The van der Waals surface area contributed by atoms with Crippen LogP contribution in [0.3, 0.4) is 0 Å². The molecule has 0 aliphatic carbocycles.